The van der Waals surface area contributed by atoms with Crippen molar-refractivity contribution in [2.75, 3.05) is 5.32 Å². The molecule has 3 N–H and O–H groups in total. The van der Waals surface area contributed by atoms with Gasteiger partial charge in [0.05, 0.1) is 6.04 Å². The highest BCUT2D eigenvalue weighted by atomic mass is 16.2. The van der Waals surface area contributed by atoms with Crippen molar-refractivity contribution >= 4 is 11.9 Å². The Hall–Kier alpha value is -1.43. The van der Waals surface area contributed by atoms with Gasteiger partial charge in [0.2, 0.25) is 11.9 Å². The smallest absolute Gasteiger partial charge is 0.243 e. The number of nitrogens with zero attached hydrogens (tertiary/aromatic N) is 3. The second-order valence-electron chi connectivity index (χ2n) is 3.61. The highest BCUT2D eigenvalue weighted by Crippen LogP contribution is 2.07. The molecule has 0 saturated carbocycles. The first-order chi connectivity index (χ1) is 7.06. The molecule has 0 radical (unpaired) electrons. The third-order valence-corrected chi connectivity index (χ3v) is 2.51. The van der Waals surface area contributed by atoms with Crippen molar-refractivity contribution < 1.29 is 4.79 Å². The van der Waals surface area contributed by atoms with Gasteiger partial charge in [-0.3, -0.25) is 10.1 Å². The van der Waals surface area contributed by atoms with Crippen molar-refractivity contribution in [3.05, 3.63) is 6.33 Å². The highest BCUT2D eigenvalue weighted by molar-refractivity contribution is 5.93. The lowest BCUT2D eigenvalue weighted by Gasteiger charge is -2.16. The maximum atomic E-state index is 11.6. The summed E-state index contributed by atoms with van der Waals surface area (Å²) in [5, 5.41) is 6.47. The van der Waals surface area contributed by atoms with Crippen molar-refractivity contribution in [1.29, 1.82) is 0 Å². The monoisotopic (exact) mass is 211 g/mol. The van der Waals surface area contributed by atoms with E-state index < -0.39 is 6.04 Å². The summed E-state index contributed by atoms with van der Waals surface area (Å²) in [6, 6.07) is -0.508. The number of nitrogens with one attached hydrogen (secondary N) is 1. The zero-order valence-electron chi connectivity index (χ0n) is 9.27. The number of carbonyl (C=O) groups is 1. The first kappa shape index (κ1) is 11.6. The van der Waals surface area contributed by atoms with E-state index >= 15 is 0 Å². The van der Waals surface area contributed by atoms with Crippen molar-refractivity contribution in [2.45, 2.75) is 26.3 Å². The third kappa shape index (κ3) is 2.76. The Balaban J connectivity index is 2.60. The average Bonchev–Trinajstić information content (AvgIpc) is 2.62. The van der Waals surface area contributed by atoms with Gasteiger partial charge in [0, 0.05) is 7.05 Å². The minimum absolute atomic E-state index is 0.151. The van der Waals surface area contributed by atoms with Gasteiger partial charge in [0.1, 0.15) is 6.33 Å². The molecule has 1 aromatic rings. The molecule has 6 nitrogen and oxygen atoms in total. The fraction of sp³-hybridized carbons (Fsp3) is 0.667. The van der Waals surface area contributed by atoms with E-state index in [9.17, 15) is 4.79 Å². The normalized spacial score (nSPS) is 14.7. The van der Waals surface area contributed by atoms with Crippen molar-refractivity contribution in [2.24, 2.45) is 18.7 Å². The molecule has 1 rings (SSSR count). The van der Waals surface area contributed by atoms with Crippen LogP contribution in [0, 0.1) is 5.92 Å². The molecule has 1 heterocycles. The third-order valence-electron chi connectivity index (χ3n) is 2.51. The van der Waals surface area contributed by atoms with Gasteiger partial charge in [-0.1, -0.05) is 20.3 Å². The largest absolute Gasteiger partial charge is 0.320 e. The molecule has 2 atom stereocenters. The van der Waals surface area contributed by atoms with E-state index in [4.69, 9.17) is 5.73 Å². The van der Waals surface area contributed by atoms with Crippen LogP contribution in [0.15, 0.2) is 6.33 Å². The minimum atomic E-state index is -0.508. The minimum Gasteiger partial charge on any atom is -0.320 e. The molecule has 6 heteroatoms. The zero-order valence-corrected chi connectivity index (χ0v) is 9.27. The number of rotatable bonds is 4. The standard InChI is InChI=1S/C9H17N5O/c1-4-6(2)7(10)8(15)13-9-11-5-12-14(9)3/h5-7H,4,10H2,1-3H3,(H,11,12,13,15)/t6-,7-/m0/s1. The van der Waals surface area contributed by atoms with Crippen LogP contribution >= 0.6 is 0 Å². The molecule has 0 fully saturated rings. The fourth-order valence-electron chi connectivity index (χ4n) is 1.12. The lowest BCUT2D eigenvalue weighted by Crippen LogP contribution is -2.41. The summed E-state index contributed by atoms with van der Waals surface area (Å²) >= 11 is 0. The van der Waals surface area contributed by atoms with Crippen molar-refractivity contribution in [3.8, 4) is 0 Å². The number of hydrogen-bond acceptors (Lipinski definition) is 4. The lowest BCUT2D eigenvalue weighted by atomic mass is 10.00. The predicted octanol–water partition coefficient (Wildman–Crippen LogP) is 0.127. The van der Waals surface area contributed by atoms with Gasteiger partial charge in [-0.25, -0.2) is 4.68 Å². The zero-order chi connectivity index (χ0) is 11.4. The van der Waals surface area contributed by atoms with Crippen molar-refractivity contribution in [3.63, 3.8) is 0 Å². The van der Waals surface area contributed by atoms with E-state index in [1.54, 1.807) is 7.05 Å². The molecule has 15 heavy (non-hydrogen) atoms. The van der Waals surface area contributed by atoms with E-state index in [-0.39, 0.29) is 11.8 Å². The molecule has 0 aliphatic carbocycles. The van der Waals surface area contributed by atoms with Crippen LogP contribution in [-0.4, -0.2) is 26.7 Å². The second-order valence-corrected chi connectivity index (χ2v) is 3.61. The Kier molecular flexibility index (Phi) is 3.79. The number of nitrogens with two attached hydrogens (primary N) is 1. The Labute approximate surface area is 88.9 Å². The molecular weight excluding hydrogens is 194 g/mol. The summed E-state index contributed by atoms with van der Waals surface area (Å²) < 4.78 is 1.49. The maximum Gasteiger partial charge on any atom is 0.243 e. The first-order valence-corrected chi connectivity index (χ1v) is 4.96. The number of hydrogen-bond donors (Lipinski definition) is 2. The molecular formula is C9H17N5O. The van der Waals surface area contributed by atoms with Gasteiger partial charge in [-0.2, -0.15) is 10.1 Å². The van der Waals surface area contributed by atoms with Crippen LogP contribution in [0.4, 0.5) is 5.95 Å². The van der Waals surface area contributed by atoms with Gasteiger partial charge < -0.3 is 5.73 Å². The number of aryl methyl sites for hydroxylation is 1. The molecule has 0 aliphatic rings. The SMILES string of the molecule is CC[C@H](C)[C@H](N)C(=O)Nc1ncnn1C. The quantitative estimate of drug-likeness (QED) is 0.741. The molecule has 0 saturated heterocycles. The van der Waals surface area contributed by atoms with Gasteiger partial charge >= 0.3 is 0 Å². The summed E-state index contributed by atoms with van der Waals surface area (Å²) in [4.78, 5) is 15.5. The molecule has 84 valence electrons. The van der Waals surface area contributed by atoms with Gasteiger partial charge in [-0.05, 0) is 5.92 Å². The van der Waals surface area contributed by atoms with E-state index in [1.165, 1.54) is 11.0 Å². The Bertz CT molecular complexity index is 335. The Morgan fingerprint density at radius 3 is 2.87 bits per heavy atom. The molecule has 1 amide bonds. The Morgan fingerprint density at radius 1 is 1.73 bits per heavy atom. The van der Waals surface area contributed by atoms with Crippen LogP contribution in [-0.2, 0) is 11.8 Å². The first-order valence-electron chi connectivity index (χ1n) is 4.96. The van der Waals surface area contributed by atoms with E-state index in [0.717, 1.165) is 6.42 Å². The molecule has 0 aromatic carbocycles. The van der Waals surface area contributed by atoms with E-state index in [2.05, 4.69) is 15.4 Å². The molecule has 0 bridgehead atoms. The predicted molar refractivity (Wildman–Crippen MR) is 57.1 cm³/mol. The topological polar surface area (TPSA) is 85.8 Å². The number of amides is 1. The van der Waals surface area contributed by atoms with Crippen LogP contribution in [0.3, 0.4) is 0 Å². The van der Waals surface area contributed by atoms with Gasteiger partial charge in [-0.15, -0.1) is 0 Å². The van der Waals surface area contributed by atoms with E-state index in [0.29, 0.717) is 5.95 Å². The van der Waals surface area contributed by atoms with Crippen LogP contribution in [0.1, 0.15) is 20.3 Å². The summed E-state index contributed by atoms with van der Waals surface area (Å²) in [7, 11) is 1.71. The average molecular weight is 211 g/mol. The number of anilines is 1. The fourth-order valence-corrected chi connectivity index (χ4v) is 1.12. The Morgan fingerprint density at radius 2 is 2.40 bits per heavy atom. The molecule has 0 aliphatic heterocycles. The molecule has 1 aromatic heterocycles. The number of aromatic nitrogens is 3. The van der Waals surface area contributed by atoms with Crippen LogP contribution in [0.2, 0.25) is 0 Å². The second kappa shape index (κ2) is 4.88. The molecule has 0 spiro atoms. The summed E-state index contributed by atoms with van der Waals surface area (Å²) in [6.07, 6.45) is 2.25. The number of carbonyl (C=O) groups excluding carboxylic acids is 1. The summed E-state index contributed by atoms with van der Waals surface area (Å²) in [6.45, 7) is 3.95. The van der Waals surface area contributed by atoms with Gasteiger partial charge in [0.25, 0.3) is 0 Å². The lowest BCUT2D eigenvalue weighted by molar-refractivity contribution is -0.118. The molecule has 0 unspecified atom stereocenters. The maximum absolute atomic E-state index is 11.6. The van der Waals surface area contributed by atoms with Gasteiger partial charge in [0.15, 0.2) is 0 Å². The van der Waals surface area contributed by atoms with Crippen LogP contribution in [0.25, 0.3) is 0 Å². The summed E-state index contributed by atoms with van der Waals surface area (Å²) in [5.74, 6) is 0.345. The highest BCUT2D eigenvalue weighted by Gasteiger charge is 2.20. The van der Waals surface area contributed by atoms with Crippen LogP contribution < -0.4 is 11.1 Å². The van der Waals surface area contributed by atoms with E-state index in [1.807, 2.05) is 13.8 Å². The van der Waals surface area contributed by atoms with Crippen molar-refractivity contribution in [1.82, 2.24) is 14.8 Å². The van der Waals surface area contributed by atoms with Crippen LogP contribution in [0.5, 0.6) is 0 Å². The summed E-state index contributed by atoms with van der Waals surface area (Å²) in [5.41, 5.74) is 5.77.